The van der Waals surface area contributed by atoms with E-state index in [2.05, 4.69) is 52.5 Å². The highest BCUT2D eigenvalue weighted by atomic mass is 32.1. The number of thiazole rings is 1. The molecule has 6 heteroatoms. The number of anilines is 1. The molecule has 32 heavy (non-hydrogen) atoms. The van der Waals surface area contributed by atoms with Gasteiger partial charge in [-0.05, 0) is 48.7 Å². The third kappa shape index (κ3) is 4.22. The second kappa shape index (κ2) is 8.85. The fourth-order valence-corrected chi connectivity index (χ4v) is 4.73. The Morgan fingerprint density at radius 1 is 1.06 bits per heavy atom. The van der Waals surface area contributed by atoms with Gasteiger partial charge in [-0.25, -0.2) is 4.99 Å². The lowest BCUT2D eigenvalue weighted by molar-refractivity contribution is -0.118. The Balaban J connectivity index is 1.58. The number of carbonyl (C=O) groups is 1. The molecule has 4 aromatic rings. The zero-order valence-electron chi connectivity index (χ0n) is 17.7. The first kappa shape index (κ1) is 20.3. The van der Waals surface area contributed by atoms with Gasteiger partial charge < -0.3 is 14.6 Å². The van der Waals surface area contributed by atoms with E-state index in [1.165, 1.54) is 5.56 Å². The number of aromatic nitrogens is 1. The van der Waals surface area contributed by atoms with Crippen LogP contribution in [-0.2, 0) is 17.8 Å². The minimum Gasteiger partial charge on any atom is -0.482 e. The van der Waals surface area contributed by atoms with Gasteiger partial charge in [0.15, 0.2) is 11.4 Å². The molecule has 0 atom stereocenters. The van der Waals surface area contributed by atoms with Crippen LogP contribution in [0.1, 0.15) is 11.1 Å². The number of hydrogen-bond acceptors (Lipinski definition) is 4. The number of rotatable bonds is 5. The van der Waals surface area contributed by atoms with Crippen LogP contribution in [0.15, 0.2) is 83.2 Å². The molecule has 0 saturated carbocycles. The van der Waals surface area contributed by atoms with Gasteiger partial charge in [0.25, 0.3) is 5.91 Å². The van der Waals surface area contributed by atoms with Crippen LogP contribution >= 0.6 is 11.3 Å². The van der Waals surface area contributed by atoms with E-state index in [0.717, 1.165) is 40.3 Å². The van der Waals surface area contributed by atoms with Crippen molar-refractivity contribution in [1.29, 1.82) is 0 Å². The van der Waals surface area contributed by atoms with Crippen LogP contribution in [0.2, 0.25) is 0 Å². The molecule has 0 spiro atoms. The summed E-state index contributed by atoms with van der Waals surface area (Å²) in [7, 11) is 0. The van der Waals surface area contributed by atoms with Crippen molar-refractivity contribution in [3.8, 4) is 17.0 Å². The summed E-state index contributed by atoms with van der Waals surface area (Å²) in [4.78, 5) is 17.7. The van der Waals surface area contributed by atoms with E-state index in [0.29, 0.717) is 11.4 Å². The van der Waals surface area contributed by atoms with Crippen molar-refractivity contribution >= 4 is 28.6 Å². The van der Waals surface area contributed by atoms with Gasteiger partial charge >= 0.3 is 0 Å². The zero-order chi connectivity index (χ0) is 21.9. The van der Waals surface area contributed by atoms with Gasteiger partial charge in [0.1, 0.15) is 5.75 Å². The summed E-state index contributed by atoms with van der Waals surface area (Å²) in [6.07, 6.45) is 0.899. The zero-order valence-corrected chi connectivity index (χ0v) is 18.6. The monoisotopic (exact) mass is 441 g/mol. The first-order chi connectivity index (χ1) is 15.7. The summed E-state index contributed by atoms with van der Waals surface area (Å²) in [5.74, 6) is 0.566. The summed E-state index contributed by atoms with van der Waals surface area (Å²) in [6.45, 7) is 2.93. The van der Waals surface area contributed by atoms with Crippen LogP contribution < -0.4 is 14.9 Å². The van der Waals surface area contributed by atoms with Gasteiger partial charge in [-0.15, -0.1) is 11.3 Å². The number of aryl methyl sites for hydroxylation is 2. The maximum Gasteiger partial charge on any atom is 0.262 e. The van der Waals surface area contributed by atoms with Gasteiger partial charge in [0, 0.05) is 17.5 Å². The average Bonchev–Trinajstić information content (AvgIpc) is 3.21. The molecule has 0 unspecified atom stereocenters. The highest BCUT2D eigenvalue weighted by molar-refractivity contribution is 7.07. The number of nitrogens with one attached hydrogen (secondary N) is 1. The third-order valence-corrected chi connectivity index (χ3v) is 6.37. The molecule has 0 aliphatic carbocycles. The SMILES string of the molecule is Cc1ccccc1N=c1scc(-c2ccc3c(c2)NC(=O)CO3)n1CCc1ccccc1. The van der Waals surface area contributed by atoms with Crippen LogP contribution in [0.25, 0.3) is 11.3 Å². The average molecular weight is 442 g/mol. The van der Waals surface area contributed by atoms with Gasteiger partial charge in [-0.1, -0.05) is 48.5 Å². The lowest BCUT2D eigenvalue weighted by Crippen LogP contribution is -2.25. The molecule has 3 aromatic carbocycles. The van der Waals surface area contributed by atoms with Crippen LogP contribution in [0.5, 0.6) is 5.75 Å². The topological polar surface area (TPSA) is 55.6 Å². The molecule has 5 rings (SSSR count). The van der Waals surface area contributed by atoms with E-state index in [9.17, 15) is 4.79 Å². The third-order valence-electron chi connectivity index (χ3n) is 5.50. The molecular formula is C26H23N3O2S. The number of amides is 1. The fraction of sp³-hybridized carbons (Fsp3) is 0.154. The number of carbonyl (C=O) groups excluding carboxylic acids is 1. The van der Waals surface area contributed by atoms with Gasteiger partial charge in [-0.2, -0.15) is 0 Å². The van der Waals surface area contributed by atoms with Gasteiger partial charge in [0.05, 0.1) is 17.1 Å². The predicted molar refractivity (Wildman–Crippen MR) is 128 cm³/mol. The lowest BCUT2D eigenvalue weighted by Gasteiger charge is -2.19. The second-order valence-corrected chi connectivity index (χ2v) is 8.57. The molecule has 0 bridgehead atoms. The van der Waals surface area contributed by atoms with E-state index in [1.54, 1.807) is 11.3 Å². The van der Waals surface area contributed by atoms with E-state index >= 15 is 0 Å². The smallest absolute Gasteiger partial charge is 0.262 e. The predicted octanol–water partition coefficient (Wildman–Crippen LogP) is 5.33. The standard InChI is InChI=1S/C26H23N3O2S/c1-18-7-5-6-10-21(18)28-26-29(14-13-19-8-3-2-4-9-19)23(17-32-26)20-11-12-24-22(15-20)27-25(30)16-31-24/h2-12,15,17H,13-14,16H2,1H3,(H,27,30). The molecule has 1 aliphatic rings. The summed E-state index contributed by atoms with van der Waals surface area (Å²) in [5.41, 5.74) is 6.19. The Kier molecular flexibility index (Phi) is 5.60. The molecule has 0 radical (unpaired) electrons. The molecule has 1 aromatic heterocycles. The van der Waals surface area contributed by atoms with Crippen LogP contribution in [-0.4, -0.2) is 17.1 Å². The van der Waals surface area contributed by atoms with Crippen molar-refractivity contribution in [3.05, 3.63) is 94.1 Å². The molecule has 2 heterocycles. The van der Waals surface area contributed by atoms with Crippen LogP contribution in [0, 0.1) is 6.92 Å². The minimum atomic E-state index is -0.132. The lowest BCUT2D eigenvalue weighted by atomic mass is 10.1. The summed E-state index contributed by atoms with van der Waals surface area (Å²) >= 11 is 1.63. The maximum absolute atomic E-state index is 11.8. The Labute approximate surface area is 190 Å². The minimum absolute atomic E-state index is 0.0569. The normalized spacial score (nSPS) is 13.4. The van der Waals surface area contributed by atoms with Crippen molar-refractivity contribution in [2.75, 3.05) is 11.9 Å². The maximum atomic E-state index is 11.8. The molecule has 0 saturated heterocycles. The Bertz CT molecular complexity index is 1340. The number of benzene rings is 3. The Hall–Kier alpha value is -3.64. The van der Waals surface area contributed by atoms with Crippen molar-refractivity contribution in [3.63, 3.8) is 0 Å². The van der Waals surface area contributed by atoms with Crippen LogP contribution in [0.3, 0.4) is 0 Å². The second-order valence-electron chi connectivity index (χ2n) is 7.74. The largest absolute Gasteiger partial charge is 0.482 e. The highest BCUT2D eigenvalue weighted by Gasteiger charge is 2.18. The molecular weight excluding hydrogens is 418 g/mol. The quantitative estimate of drug-likeness (QED) is 0.455. The molecule has 0 fully saturated rings. The Morgan fingerprint density at radius 2 is 1.88 bits per heavy atom. The first-order valence-corrected chi connectivity index (χ1v) is 11.4. The molecule has 1 N–H and O–H groups in total. The van der Waals surface area contributed by atoms with Crippen molar-refractivity contribution < 1.29 is 9.53 Å². The number of ether oxygens (including phenoxy) is 1. The number of para-hydroxylation sites is 1. The summed E-state index contributed by atoms with van der Waals surface area (Å²) in [6, 6.07) is 24.6. The number of nitrogens with zero attached hydrogens (tertiary/aromatic N) is 2. The molecule has 5 nitrogen and oxygen atoms in total. The van der Waals surface area contributed by atoms with Gasteiger partial charge in [0.2, 0.25) is 0 Å². The molecule has 160 valence electrons. The number of fused-ring (bicyclic) bond motifs is 1. The van der Waals surface area contributed by atoms with Crippen LogP contribution in [0.4, 0.5) is 11.4 Å². The molecule has 1 aliphatic heterocycles. The highest BCUT2D eigenvalue weighted by Crippen LogP contribution is 2.33. The van der Waals surface area contributed by atoms with Crippen molar-refractivity contribution in [2.45, 2.75) is 19.9 Å². The van der Waals surface area contributed by atoms with E-state index in [1.807, 2.05) is 42.5 Å². The Morgan fingerprint density at radius 3 is 2.72 bits per heavy atom. The van der Waals surface area contributed by atoms with Gasteiger partial charge in [-0.3, -0.25) is 4.79 Å². The van der Waals surface area contributed by atoms with Crippen molar-refractivity contribution in [2.24, 2.45) is 4.99 Å². The molecule has 1 amide bonds. The summed E-state index contributed by atoms with van der Waals surface area (Å²) < 4.78 is 7.79. The van der Waals surface area contributed by atoms with Crippen molar-refractivity contribution in [1.82, 2.24) is 4.57 Å². The number of hydrogen-bond donors (Lipinski definition) is 1. The fourth-order valence-electron chi connectivity index (χ4n) is 3.79. The first-order valence-electron chi connectivity index (χ1n) is 10.6. The van der Waals surface area contributed by atoms with E-state index in [4.69, 9.17) is 9.73 Å². The van der Waals surface area contributed by atoms with E-state index in [-0.39, 0.29) is 12.5 Å². The van der Waals surface area contributed by atoms with E-state index < -0.39 is 0 Å². The summed E-state index contributed by atoms with van der Waals surface area (Å²) in [5, 5.41) is 5.04.